The third-order valence-electron chi connectivity index (χ3n) is 7.26. The third-order valence-corrected chi connectivity index (χ3v) is 7.26. The van der Waals surface area contributed by atoms with Crippen molar-refractivity contribution in [2.24, 2.45) is 5.92 Å². The molecule has 36 heavy (non-hydrogen) atoms. The molecule has 2 aliphatic rings. The van der Waals surface area contributed by atoms with Crippen molar-refractivity contribution in [1.82, 2.24) is 29.2 Å². The van der Waals surface area contributed by atoms with Crippen molar-refractivity contribution >= 4 is 17.3 Å². The fourth-order valence-corrected chi connectivity index (χ4v) is 5.28. The molecule has 0 spiro atoms. The van der Waals surface area contributed by atoms with E-state index in [2.05, 4.69) is 22.8 Å². The van der Waals surface area contributed by atoms with Crippen molar-refractivity contribution in [3.63, 3.8) is 0 Å². The first kappa shape index (κ1) is 23.6. The minimum atomic E-state index is -0.135. The first-order valence-corrected chi connectivity index (χ1v) is 12.2. The van der Waals surface area contributed by atoms with E-state index in [1.807, 2.05) is 34.2 Å². The van der Waals surface area contributed by atoms with Gasteiger partial charge >= 0.3 is 0 Å². The standard InChI is InChI=1S/C26H29N7O3/c1-3-24(34)31-8-4-5-18(15-31)26(35)30-9-6-22(7-10-30)32-17-21(14-28-32)19-11-23(36-2)25-20(12-27)13-29-33(25)16-19/h3,11,13-14,16-18,22H,1,4-10,15H2,2H3/t18-/m1/s1. The fourth-order valence-electron chi connectivity index (χ4n) is 5.28. The number of nitriles is 1. The van der Waals surface area contributed by atoms with Crippen LogP contribution in [-0.2, 0) is 9.59 Å². The van der Waals surface area contributed by atoms with Crippen LogP contribution in [0.15, 0.2) is 43.5 Å². The van der Waals surface area contributed by atoms with E-state index in [-0.39, 0.29) is 23.8 Å². The molecule has 3 aromatic heterocycles. The Morgan fingerprint density at radius 3 is 2.64 bits per heavy atom. The average Bonchev–Trinajstić information content (AvgIpc) is 3.59. The van der Waals surface area contributed by atoms with Crippen molar-refractivity contribution in [2.45, 2.75) is 31.7 Å². The summed E-state index contributed by atoms with van der Waals surface area (Å²) in [5, 5.41) is 18.2. The Hall–Kier alpha value is -4.13. The molecule has 0 unspecified atom stereocenters. The Morgan fingerprint density at radius 1 is 1.11 bits per heavy atom. The second-order valence-electron chi connectivity index (χ2n) is 9.35. The average molecular weight is 488 g/mol. The molecule has 10 heteroatoms. The number of ether oxygens (including phenoxy) is 1. The molecule has 0 aliphatic carbocycles. The van der Waals surface area contributed by atoms with Crippen LogP contribution in [0.1, 0.15) is 37.3 Å². The maximum Gasteiger partial charge on any atom is 0.245 e. The molecule has 3 aromatic rings. The second-order valence-corrected chi connectivity index (χ2v) is 9.35. The van der Waals surface area contributed by atoms with Gasteiger partial charge in [0, 0.05) is 49.7 Å². The molecular weight excluding hydrogens is 458 g/mol. The summed E-state index contributed by atoms with van der Waals surface area (Å²) < 4.78 is 9.15. The van der Waals surface area contributed by atoms with Crippen molar-refractivity contribution < 1.29 is 14.3 Å². The molecule has 186 valence electrons. The molecule has 0 N–H and O–H groups in total. The Labute approximate surface area is 209 Å². The number of fused-ring (bicyclic) bond motifs is 1. The first-order valence-electron chi connectivity index (χ1n) is 12.2. The second kappa shape index (κ2) is 9.85. The van der Waals surface area contributed by atoms with E-state index < -0.39 is 0 Å². The molecule has 1 atom stereocenters. The fraction of sp³-hybridized carbons (Fsp3) is 0.423. The number of carbonyl (C=O) groups is 2. The van der Waals surface area contributed by atoms with Crippen LogP contribution in [0.4, 0.5) is 0 Å². The topological polar surface area (TPSA) is 109 Å². The molecule has 0 aromatic carbocycles. The van der Waals surface area contributed by atoms with E-state index in [4.69, 9.17) is 4.74 Å². The number of rotatable bonds is 5. The number of pyridine rings is 1. The summed E-state index contributed by atoms with van der Waals surface area (Å²) in [6, 6.07) is 4.24. The van der Waals surface area contributed by atoms with Crippen LogP contribution in [0.25, 0.3) is 16.6 Å². The Bertz CT molecular complexity index is 1340. The summed E-state index contributed by atoms with van der Waals surface area (Å²) in [5.74, 6) is 0.490. The van der Waals surface area contributed by atoms with E-state index in [9.17, 15) is 14.9 Å². The molecule has 2 saturated heterocycles. The lowest BCUT2D eigenvalue weighted by molar-refractivity contribution is -0.140. The zero-order valence-corrected chi connectivity index (χ0v) is 20.3. The first-order chi connectivity index (χ1) is 17.5. The lowest BCUT2D eigenvalue weighted by atomic mass is 9.94. The Morgan fingerprint density at radius 2 is 1.92 bits per heavy atom. The summed E-state index contributed by atoms with van der Waals surface area (Å²) in [6.07, 6.45) is 11.9. The lowest BCUT2D eigenvalue weighted by Gasteiger charge is -2.37. The zero-order valence-electron chi connectivity index (χ0n) is 20.3. The minimum Gasteiger partial charge on any atom is -0.494 e. The molecule has 5 heterocycles. The van der Waals surface area contributed by atoms with Gasteiger partial charge in [-0.25, -0.2) is 4.52 Å². The highest BCUT2D eigenvalue weighted by molar-refractivity contribution is 5.88. The van der Waals surface area contributed by atoms with E-state index in [1.165, 1.54) is 12.3 Å². The zero-order chi connectivity index (χ0) is 25.2. The smallest absolute Gasteiger partial charge is 0.245 e. The molecular formula is C26H29N7O3. The molecule has 5 rings (SSSR count). The molecule has 0 saturated carbocycles. The predicted molar refractivity (Wildman–Crippen MR) is 132 cm³/mol. The number of methoxy groups -OCH3 is 1. The quantitative estimate of drug-likeness (QED) is 0.512. The van der Waals surface area contributed by atoms with Gasteiger partial charge in [-0.1, -0.05) is 6.58 Å². The van der Waals surface area contributed by atoms with Gasteiger partial charge in [0.15, 0.2) is 0 Å². The summed E-state index contributed by atoms with van der Waals surface area (Å²) in [4.78, 5) is 28.8. The largest absolute Gasteiger partial charge is 0.494 e. The molecule has 2 amide bonds. The SMILES string of the molecule is C=CC(=O)N1CCC[C@@H](C(=O)N2CCC(n3cc(-c4cc(OC)c5c(C#N)cnn5c4)cn3)CC2)C1. The molecule has 0 radical (unpaired) electrons. The predicted octanol–water partition coefficient (Wildman–Crippen LogP) is 2.67. The van der Waals surface area contributed by atoms with Gasteiger partial charge < -0.3 is 14.5 Å². The van der Waals surface area contributed by atoms with Crippen molar-refractivity contribution in [2.75, 3.05) is 33.3 Å². The lowest BCUT2D eigenvalue weighted by Crippen LogP contribution is -2.48. The van der Waals surface area contributed by atoms with Crippen molar-refractivity contribution in [1.29, 1.82) is 5.26 Å². The van der Waals surface area contributed by atoms with Crippen LogP contribution in [0.2, 0.25) is 0 Å². The number of hydrogen-bond acceptors (Lipinski definition) is 6. The Kier molecular flexibility index (Phi) is 6.46. The maximum absolute atomic E-state index is 13.1. The van der Waals surface area contributed by atoms with Gasteiger partial charge in [-0.2, -0.15) is 15.5 Å². The maximum atomic E-state index is 13.1. The van der Waals surface area contributed by atoms with Crippen LogP contribution in [0.3, 0.4) is 0 Å². The normalized spacial score (nSPS) is 18.7. The minimum absolute atomic E-state index is 0.101. The molecule has 2 fully saturated rings. The van der Waals surface area contributed by atoms with Gasteiger partial charge in [0.2, 0.25) is 11.8 Å². The summed E-state index contributed by atoms with van der Waals surface area (Å²) in [5.41, 5.74) is 2.92. The monoisotopic (exact) mass is 487 g/mol. The number of piperidine rings is 2. The third kappa shape index (κ3) is 4.33. The van der Waals surface area contributed by atoms with E-state index in [0.29, 0.717) is 43.0 Å². The van der Waals surface area contributed by atoms with Crippen molar-refractivity contribution in [3.05, 3.63) is 49.1 Å². The number of nitrogens with zero attached hydrogens (tertiary/aromatic N) is 7. The van der Waals surface area contributed by atoms with Gasteiger partial charge in [0.25, 0.3) is 0 Å². The highest BCUT2D eigenvalue weighted by Crippen LogP contribution is 2.31. The number of amides is 2. The molecule has 10 nitrogen and oxygen atoms in total. The summed E-state index contributed by atoms with van der Waals surface area (Å²) in [6.45, 7) is 6.08. The van der Waals surface area contributed by atoms with Gasteiger partial charge in [-0.15, -0.1) is 0 Å². The summed E-state index contributed by atoms with van der Waals surface area (Å²) in [7, 11) is 1.58. The van der Waals surface area contributed by atoms with Crippen LogP contribution in [-0.4, -0.2) is 74.3 Å². The highest BCUT2D eigenvalue weighted by Gasteiger charge is 2.33. The van der Waals surface area contributed by atoms with Crippen LogP contribution < -0.4 is 4.74 Å². The number of hydrogen-bond donors (Lipinski definition) is 0. The van der Waals surface area contributed by atoms with Crippen LogP contribution in [0, 0.1) is 17.2 Å². The van der Waals surface area contributed by atoms with Gasteiger partial charge in [-0.3, -0.25) is 14.3 Å². The highest BCUT2D eigenvalue weighted by atomic mass is 16.5. The van der Waals surface area contributed by atoms with E-state index in [0.717, 1.165) is 36.8 Å². The van der Waals surface area contributed by atoms with Crippen LogP contribution in [0.5, 0.6) is 5.75 Å². The van der Waals surface area contributed by atoms with Gasteiger partial charge in [-0.05, 0) is 37.8 Å². The Balaban J connectivity index is 1.25. The van der Waals surface area contributed by atoms with E-state index in [1.54, 1.807) is 16.5 Å². The number of aromatic nitrogens is 4. The summed E-state index contributed by atoms with van der Waals surface area (Å²) >= 11 is 0. The molecule has 2 aliphatic heterocycles. The van der Waals surface area contributed by atoms with E-state index >= 15 is 0 Å². The number of likely N-dealkylation sites (tertiary alicyclic amines) is 2. The van der Waals surface area contributed by atoms with Crippen molar-refractivity contribution in [3.8, 4) is 22.9 Å². The van der Waals surface area contributed by atoms with Crippen LogP contribution >= 0.6 is 0 Å². The van der Waals surface area contributed by atoms with Gasteiger partial charge in [0.1, 0.15) is 22.9 Å². The molecule has 0 bridgehead atoms. The van der Waals surface area contributed by atoms with Gasteiger partial charge in [0.05, 0.1) is 31.5 Å². The number of carbonyl (C=O) groups excluding carboxylic acids is 2.